The van der Waals surface area contributed by atoms with Crippen LogP contribution in [0.1, 0.15) is 42.1 Å². The maximum absolute atomic E-state index is 5.72. The summed E-state index contributed by atoms with van der Waals surface area (Å²) in [5.74, 6) is 2.43. The van der Waals surface area contributed by atoms with Gasteiger partial charge in [-0.3, -0.25) is 0 Å². The minimum Gasteiger partial charge on any atom is -0.493 e. The fourth-order valence-electron chi connectivity index (χ4n) is 3.89. The molecular formula is C21H25N5O3. The largest absolute Gasteiger partial charge is 0.493 e. The lowest BCUT2D eigenvalue weighted by molar-refractivity contribution is 0.315. The van der Waals surface area contributed by atoms with Gasteiger partial charge in [-0.1, -0.05) is 36.3 Å². The molecule has 29 heavy (non-hydrogen) atoms. The SMILES string of the molecule is CCc1ccc([C@H]2C[C@H](c3ccc(OC)c(OC)c3OC)n3nnnc3N2)cc1. The molecule has 0 saturated carbocycles. The fraction of sp³-hybridized carbons (Fsp3) is 0.381. The van der Waals surface area contributed by atoms with Crippen LogP contribution in [-0.2, 0) is 6.42 Å². The summed E-state index contributed by atoms with van der Waals surface area (Å²) in [7, 11) is 4.84. The summed E-state index contributed by atoms with van der Waals surface area (Å²) in [4.78, 5) is 0. The van der Waals surface area contributed by atoms with E-state index >= 15 is 0 Å². The van der Waals surface area contributed by atoms with Gasteiger partial charge in [-0.25, -0.2) is 4.68 Å². The first-order chi connectivity index (χ1) is 14.2. The summed E-state index contributed by atoms with van der Waals surface area (Å²) in [6.07, 6.45) is 1.78. The van der Waals surface area contributed by atoms with E-state index in [9.17, 15) is 0 Å². The molecule has 0 radical (unpaired) electrons. The van der Waals surface area contributed by atoms with Crippen molar-refractivity contribution in [2.24, 2.45) is 0 Å². The van der Waals surface area contributed by atoms with E-state index in [1.54, 1.807) is 26.0 Å². The Morgan fingerprint density at radius 2 is 1.76 bits per heavy atom. The number of tetrazole rings is 1. The number of benzene rings is 2. The second-order valence-electron chi connectivity index (χ2n) is 6.91. The third kappa shape index (κ3) is 3.35. The molecule has 0 saturated heterocycles. The van der Waals surface area contributed by atoms with Crippen LogP contribution < -0.4 is 19.5 Å². The third-order valence-corrected chi connectivity index (χ3v) is 5.43. The fourth-order valence-corrected chi connectivity index (χ4v) is 3.89. The van der Waals surface area contributed by atoms with E-state index in [0.717, 1.165) is 18.4 Å². The zero-order valence-electron chi connectivity index (χ0n) is 17.0. The molecule has 2 heterocycles. The first-order valence-corrected chi connectivity index (χ1v) is 9.62. The lowest BCUT2D eigenvalue weighted by atomic mass is 9.92. The van der Waals surface area contributed by atoms with Crippen molar-refractivity contribution in [3.63, 3.8) is 0 Å². The standard InChI is InChI=1S/C21H25N5O3/c1-5-13-6-8-14(9-7-13)16-12-17(26-21(22-16)23-24-25-26)15-10-11-18(27-2)20(29-4)19(15)28-3/h6-11,16-17H,5,12H2,1-4H3,(H,22,23,25)/t16-,17-/m1/s1. The Morgan fingerprint density at radius 3 is 2.41 bits per heavy atom. The molecule has 4 rings (SSSR count). The lowest BCUT2D eigenvalue weighted by Crippen LogP contribution is -2.28. The molecular weight excluding hydrogens is 370 g/mol. The molecule has 1 aliphatic heterocycles. The molecule has 0 spiro atoms. The van der Waals surface area contributed by atoms with Crippen LogP contribution >= 0.6 is 0 Å². The quantitative estimate of drug-likeness (QED) is 0.685. The zero-order chi connectivity index (χ0) is 20.4. The van der Waals surface area contributed by atoms with E-state index in [1.807, 2.05) is 12.1 Å². The summed E-state index contributed by atoms with van der Waals surface area (Å²) in [6.45, 7) is 2.15. The number of aryl methyl sites for hydroxylation is 1. The van der Waals surface area contributed by atoms with Gasteiger partial charge in [-0.2, -0.15) is 0 Å². The lowest BCUT2D eigenvalue weighted by Gasteiger charge is -2.32. The number of nitrogens with zero attached hydrogens (tertiary/aromatic N) is 4. The molecule has 1 aromatic heterocycles. The van der Waals surface area contributed by atoms with Crippen LogP contribution in [0, 0.1) is 0 Å². The van der Waals surface area contributed by atoms with Crippen molar-refractivity contribution in [2.45, 2.75) is 31.8 Å². The maximum Gasteiger partial charge on any atom is 0.243 e. The first-order valence-electron chi connectivity index (χ1n) is 9.62. The highest BCUT2D eigenvalue weighted by molar-refractivity contribution is 5.57. The van der Waals surface area contributed by atoms with Crippen molar-refractivity contribution in [2.75, 3.05) is 26.6 Å². The van der Waals surface area contributed by atoms with E-state index in [2.05, 4.69) is 52.0 Å². The molecule has 0 unspecified atom stereocenters. The number of ether oxygens (including phenoxy) is 3. The Labute approximate surface area is 169 Å². The van der Waals surface area contributed by atoms with Gasteiger partial charge in [0.15, 0.2) is 11.5 Å². The number of aromatic nitrogens is 4. The number of hydrogen-bond donors (Lipinski definition) is 1. The smallest absolute Gasteiger partial charge is 0.243 e. The van der Waals surface area contributed by atoms with Crippen LogP contribution in [0.5, 0.6) is 17.2 Å². The summed E-state index contributed by atoms with van der Waals surface area (Å²) in [5.41, 5.74) is 3.45. The second-order valence-corrected chi connectivity index (χ2v) is 6.91. The van der Waals surface area contributed by atoms with Crippen LogP contribution in [-0.4, -0.2) is 41.5 Å². The van der Waals surface area contributed by atoms with Gasteiger partial charge in [0.1, 0.15) is 0 Å². The Bertz CT molecular complexity index is 986. The predicted octanol–water partition coefficient (Wildman–Crippen LogP) is 3.41. The second kappa shape index (κ2) is 7.98. The maximum atomic E-state index is 5.72. The van der Waals surface area contributed by atoms with Gasteiger partial charge in [0, 0.05) is 5.56 Å². The topological polar surface area (TPSA) is 83.3 Å². The van der Waals surface area contributed by atoms with E-state index in [-0.39, 0.29) is 12.1 Å². The monoisotopic (exact) mass is 395 g/mol. The van der Waals surface area contributed by atoms with Crippen LogP contribution in [0.4, 0.5) is 5.95 Å². The Hall–Kier alpha value is -3.29. The van der Waals surface area contributed by atoms with E-state index in [0.29, 0.717) is 23.2 Å². The average molecular weight is 395 g/mol. The minimum atomic E-state index is -0.119. The van der Waals surface area contributed by atoms with Crippen molar-refractivity contribution < 1.29 is 14.2 Å². The van der Waals surface area contributed by atoms with Crippen molar-refractivity contribution >= 4 is 5.95 Å². The summed E-state index contributed by atoms with van der Waals surface area (Å²) < 4.78 is 18.5. The van der Waals surface area contributed by atoms with E-state index in [4.69, 9.17) is 14.2 Å². The van der Waals surface area contributed by atoms with Gasteiger partial charge in [-0.05, 0) is 46.5 Å². The predicted molar refractivity (Wildman–Crippen MR) is 109 cm³/mol. The van der Waals surface area contributed by atoms with Crippen LogP contribution in [0.2, 0.25) is 0 Å². The van der Waals surface area contributed by atoms with Crippen LogP contribution in [0.15, 0.2) is 36.4 Å². The van der Waals surface area contributed by atoms with Crippen LogP contribution in [0.3, 0.4) is 0 Å². The van der Waals surface area contributed by atoms with Gasteiger partial charge >= 0.3 is 0 Å². The average Bonchev–Trinajstić information content (AvgIpc) is 3.26. The third-order valence-electron chi connectivity index (χ3n) is 5.43. The molecule has 2 aromatic carbocycles. The molecule has 3 aromatic rings. The number of methoxy groups -OCH3 is 3. The molecule has 0 fully saturated rings. The van der Waals surface area contributed by atoms with Gasteiger partial charge in [0.25, 0.3) is 0 Å². The number of anilines is 1. The Morgan fingerprint density at radius 1 is 1.00 bits per heavy atom. The molecule has 1 aliphatic rings. The number of nitrogens with one attached hydrogen (secondary N) is 1. The number of rotatable bonds is 6. The highest BCUT2D eigenvalue weighted by Crippen LogP contribution is 2.46. The Balaban J connectivity index is 1.77. The summed E-state index contributed by atoms with van der Waals surface area (Å²) in [5, 5.41) is 15.7. The highest BCUT2D eigenvalue weighted by Gasteiger charge is 2.33. The summed E-state index contributed by atoms with van der Waals surface area (Å²) >= 11 is 0. The summed E-state index contributed by atoms with van der Waals surface area (Å²) in [6, 6.07) is 12.5. The number of hydrogen-bond acceptors (Lipinski definition) is 7. The minimum absolute atomic E-state index is 0.0715. The van der Waals surface area contributed by atoms with Crippen molar-refractivity contribution in [1.82, 2.24) is 20.2 Å². The molecule has 8 heteroatoms. The highest BCUT2D eigenvalue weighted by atomic mass is 16.5. The molecule has 8 nitrogen and oxygen atoms in total. The number of fused-ring (bicyclic) bond motifs is 1. The molecule has 0 aliphatic carbocycles. The molecule has 152 valence electrons. The van der Waals surface area contributed by atoms with Crippen molar-refractivity contribution in [1.29, 1.82) is 0 Å². The molecule has 0 bridgehead atoms. The Kier molecular flexibility index (Phi) is 5.24. The van der Waals surface area contributed by atoms with Gasteiger partial charge in [-0.15, -0.1) is 0 Å². The van der Waals surface area contributed by atoms with E-state index in [1.165, 1.54) is 11.1 Å². The van der Waals surface area contributed by atoms with Crippen molar-refractivity contribution in [3.05, 3.63) is 53.1 Å². The first kappa shape index (κ1) is 19.0. The van der Waals surface area contributed by atoms with E-state index < -0.39 is 0 Å². The van der Waals surface area contributed by atoms with Crippen LogP contribution in [0.25, 0.3) is 0 Å². The zero-order valence-corrected chi connectivity index (χ0v) is 17.0. The van der Waals surface area contributed by atoms with Gasteiger partial charge in [0.05, 0.1) is 33.4 Å². The molecule has 0 amide bonds. The van der Waals surface area contributed by atoms with Gasteiger partial charge < -0.3 is 19.5 Å². The molecule has 1 N–H and O–H groups in total. The van der Waals surface area contributed by atoms with Gasteiger partial charge in [0.2, 0.25) is 11.7 Å². The molecule has 2 atom stereocenters. The normalized spacial score (nSPS) is 17.9. The van der Waals surface area contributed by atoms with Crippen molar-refractivity contribution in [3.8, 4) is 17.2 Å².